The van der Waals surface area contributed by atoms with E-state index in [4.69, 9.17) is 0 Å². The lowest BCUT2D eigenvalue weighted by molar-refractivity contribution is -0.120. The number of carbonyl (C=O) groups excluding carboxylic acids is 1. The van der Waals surface area contributed by atoms with Gasteiger partial charge in [0.15, 0.2) is 0 Å². The summed E-state index contributed by atoms with van der Waals surface area (Å²) in [6, 6.07) is 20.4. The molecule has 2 aromatic carbocycles. The van der Waals surface area contributed by atoms with Gasteiger partial charge in [-0.1, -0.05) is 72.4 Å². The second-order valence-electron chi connectivity index (χ2n) is 6.66. The zero-order valence-corrected chi connectivity index (χ0v) is 17.7. The van der Waals surface area contributed by atoms with E-state index in [1.165, 1.54) is 17.3 Å². The maximum absolute atomic E-state index is 12.6. The van der Waals surface area contributed by atoms with Crippen LogP contribution >= 0.6 is 23.1 Å². The number of thiophene rings is 1. The van der Waals surface area contributed by atoms with Crippen molar-refractivity contribution in [3.05, 3.63) is 77.9 Å². The Bertz CT molecular complexity index is 1100. The molecule has 0 aliphatic heterocycles. The first-order valence-electron chi connectivity index (χ1n) is 9.48. The van der Waals surface area contributed by atoms with Crippen LogP contribution in [0.25, 0.3) is 21.3 Å². The van der Waals surface area contributed by atoms with E-state index in [0.29, 0.717) is 6.54 Å². The number of carbonyl (C=O) groups is 1. The van der Waals surface area contributed by atoms with E-state index in [1.807, 2.05) is 43.3 Å². The van der Waals surface area contributed by atoms with Gasteiger partial charge in [-0.05, 0) is 24.5 Å². The molecule has 29 heavy (non-hydrogen) atoms. The zero-order valence-electron chi connectivity index (χ0n) is 16.0. The van der Waals surface area contributed by atoms with Crippen LogP contribution in [-0.4, -0.2) is 27.7 Å². The van der Waals surface area contributed by atoms with Gasteiger partial charge in [-0.3, -0.25) is 4.79 Å². The van der Waals surface area contributed by atoms with Crippen molar-refractivity contribution in [3.63, 3.8) is 0 Å². The normalized spacial score (nSPS) is 12.0. The van der Waals surface area contributed by atoms with Crippen LogP contribution in [0.5, 0.6) is 0 Å². The highest BCUT2D eigenvalue weighted by Crippen LogP contribution is 2.38. The minimum Gasteiger partial charge on any atom is -0.355 e. The molecule has 0 fully saturated rings. The number of hydrogen-bond acceptors (Lipinski definition) is 5. The molecule has 6 heteroatoms. The quantitative estimate of drug-likeness (QED) is 0.330. The molecule has 1 unspecified atom stereocenters. The molecule has 0 aliphatic rings. The average Bonchev–Trinajstić information content (AvgIpc) is 3.20. The Morgan fingerprint density at radius 3 is 2.55 bits per heavy atom. The van der Waals surface area contributed by atoms with Gasteiger partial charge in [0.25, 0.3) is 0 Å². The van der Waals surface area contributed by atoms with Gasteiger partial charge in [0.05, 0.1) is 10.6 Å². The zero-order chi connectivity index (χ0) is 20.1. The highest BCUT2D eigenvalue weighted by Gasteiger charge is 2.19. The van der Waals surface area contributed by atoms with Gasteiger partial charge >= 0.3 is 0 Å². The average molecular weight is 420 g/mol. The number of aromatic nitrogens is 2. The number of amides is 1. The number of nitrogens with zero attached hydrogens (tertiary/aromatic N) is 2. The molecule has 0 radical (unpaired) electrons. The van der Waals surface area contributed by atoms with Crippen molar-refractivity contribution >= 4 is 39.2 Å². The Hall–Kier alpha value is -2.70. The van der Waals surface area contributed by atoms with Gasteiger partial charge in [-0.25, -0.2) is 9.97 Å². The molecule has 4 nitrogen and oxygen atoms in total. The lowest BCUT2D eigenvalue weighted by Crippen LogP contribution is -2.32. The summed E-state index contributed by atoms with van der Waals surface area (Å²) in [5.74, 6) is 0.0224. The first kappa shape index (κ1) is 19.6. The summed E-state index contributed by atoms with van der Waals surface area (Å²) >= 11 is 3.09. The molecular formula is C23H21N3OS2. The summed E-state index contributed by atoms with van der Waals surface area (Å²) in [6.07, 6.45) is 2.40. The van der Waals surface area contributed by atoms with E-state index in [-0.39, 0.29) is 11.2 Å². The fraction of sp³-hybridized carbons (Fsp3) is 0.174. The second-order valence-corrected chi connectivity index (χ2v) is 8.85. The van der Waals surface area contributed by atoms with Gasteiger partial charge in [-0.2, -0.15) is 0 Å². The molecule has 1 atom stereocenters. The summed E-state index contributed by atoms with van der Waals surface area (Å²) in [6.45, 7) is 2.55. The fourth-order valence-electron chi connectivity index (χ4n) is 3.11. The molecule has 0 saturated carbocycles. The number of thioether (sulfide) groups is 1. The lowest BCUT2D eigenvalue weighted by atomic mass is 10.1. The first-order chi connectivity index (χ1) is 14.2. The third-order valence-corrected chi connectivity index (χ3v) is 6.62. The van der Waals surface area contributed by atoms with Crippen LogP contribution in [0.4, 0.5) is 0 Å². The van der Waals surface area contributed by atoms with Gasteiger partial charge in [0, 0.05) is 17.5 Å². The van der Waals surface area contributed by atoms with Gasteiger partial charge in [0.2, 0.25) is 5.91 Å². The minimum atomic E-state index is -0.243. The van der Waals surface area contributed by atoms with Crippen molar-refractivity contribution in [2.24, 2.45) is 0 Å². The van der Waals surface area contributed by atoms with Gasteiger partial charge in [-0.15, -0.1) is 11.3 Å². The molecule has 2 aromatic heterocycles. The lowest BCUT2D eigenvalue weighted by Gasteiger charge is -2.12. The third-order valence-electron chi connectivity index (χ3n) is 4.63. The van der Waals surface area contributed by atoms with Crippen LogP contribution in [0, 0.1) is 0 Å². The molecule has 0 aliphatic carbocycles. The molecule has 1 N–H and O–H groups in total. The SMILES string of the molecule is CC(Sc1ncnc2scc(-c3ccccc3)c12)C(=O)NCCc1ccccc1. The molecular weight excluding hydrogens is 398 g/mol. The van der Waals surface area contributed by atoms with Crippen molar-refractivity contribution in [1.29, 1.82) is 0 Å². The van der Waals surface area contributed by atoms with Crippen molar-refractivity contribution in [1.82, 2.24) is 15.3 Å². The van der Waals surface area contributed by atoms with E-state index in [1.54, 1.807) is 17.7 Å². The largest absolute Gasteiger partial charge is 0.355 e. The third kappa shape index (κ3) is 4.66. The van der Waals surface area contributed by atoms with Crippen LogP contribution in [0.3, 0.4) is 0 Å². The topological polar surface area (TPSA) is 54.9 Å². The van der Waals surface area contributed by atoms with Crippen LogP contribution in [0.2, 0.25) is 0 Å². The number of rotatable bonds is 7. The Labute approximate surface area is 178 Å². The molecule has 0 bridgehead atoms. The number of fused-ring (bicyclic) bond motifs is 1. The van der Waals surface area contributed by atoms with Crippen LogP contribution in [-0.2, 0) is 11.2 Å². The molecule has 1 amide bonds. The number of hydrogen-bond donors (Lipinski definition) is 1. The Kier molecular flexibility index (Phi) is 6.22. The van der Waals surface area contributed by atoms with E-state index in [9.17, 15) is 4.79 Å². The van der Waals surface area contributed by atoms with E-state index >= 15 is 0 Å². The highest BCUT2D eigenvalue weighted by molar-refractivity contribution is 8.00. The monoisotopic (exact) mass is 419 g/mol. The number of nitrogens with one attached hydrogen (secondary N) is 1. The summed E-state index contributed by atoms with van der Waals surface area (Å²) in [5, 5.41) is 6.78. The number of benzene rings is 2. The van der Waals surface area contributed by atoms with Crippen LogP contribution in [0.1, 0.15) is 12.5 Å². The summed E-state index contributed by atoms with van der Waals surface area (Å²) < 4.78 is 0. The van der Waals surface area contributed by atoms with Gasteiger partial charge < -0.3 is 5.32 Å². The van der Waals surface area contributed by atoms with E-state index in [0.717, 1.165) is 32.8 Å². The Morgan fingerprint density at radius 2 is 1.79 bits per heavy atom. The molecule has 146 valence electrons. The molecule has 4 rings (SSSR count). The highest BCUT2D eigenvalue weighted by atomic mass is 32.2. The minimum absolute atomic E-state index is 0.0224. The first-order valence-corrected chi connectivity index (χ1v) is 11.2. The maximum atomic E-state index is 12.6. The molecule has 0 saturated heterocycles. The Balaban J connectivity index is 1.47. The molecule has 4 aromatic rings. The predicted octanol–water partition coefficient (Wildman–Crippen LogP) is 5.20. The maximum Gasteiger partial charge on any atom is 0.233 e. The summed E-state index contributed by atoms with van der Waals surface area (Å²) in [7, 11) is 0. The van der Waals surface area contributed by atoms with Crippen molar-refractivity contribution < 1.29 is 4.79 Å². The summed E-state index contributed by atoms with van der Waals surface area (Å²) in [4.78, 5) is 22.4. The van der Waals surface area contributed by atoms with E-state index in [2.05, 4.69) is 44.9 Å². The standard InChI is InChI=1S/C23H21N3OS2/c1-16(21(27)24-13-12-17-8-4-2-5-9-17)29-23-20-19(18-10-6-3-7-11-18)14-28-22(20)25-15-26-23/h2-11,14-16H,12-13H2,1H3,(H,24,27). The van der Waals surface area contributed by atoms with E-state index < -0.39 is 0 Å². The molecule has 2 heterocycles. The molecule has 0 spiro atoms. The smallest absolute Gasteiger partial charge is 0.233 e. The predicted molar refractivity (Wildman–Crippen MR) is 121 cm³/mol. The second kappa shape index (κ2) is 9.20. The van der Waals surface area contributed by atoms with Gasteiger partial charge in [0.1, 0.15) is 16.2 Å². The summed E-state index contributed by atoms with van der Waals surface area (Å²) in [5.41, 5.74) is 3.47. The fourth-order valence-corrected chi connectivity index (χ4v) is 5.04. The van der Waals surface area contributed by atoms with Crippen molar-refractivity contribution in [3.8, 4) is 11.1 Å². The van der Waals surface area contributed by atoms with Crippen molar-refractivity contribution in [2.45, 2.75) is 23.6 Å². The Morgan fingerprint density at radius 1 is 1.07 bits per heavy atom. The van der Waals surface area contributed by atoms with Crippen molar-refractivity contribution in [2.75, 3.05) is 6.54 Å². The van der Waals surface area contributed by atoms with Crippen LogP contribution in [0.15, 0.2) is 77.4 Å². The van der Waals surface area contributed by atoms with Crippen LogP contribution < -0.4 is 5.32 Å².